The Morgan fingerprint density at radius 3 is 1.25 bits per heavy atom. The van der Waals surface area contributed by atoms with Crippen molar-refractivity contribution in [1.29, 1.82) is 0 Å². The SMILES string of the molecule is Cl.Cl.O=C(CCN1CCCC1)C(=O)CCN1CCCC1. The van der Waals surface area contributed by atoms with Crippen molar-refractivity contribution in [3.05, 3.63) is 0 Å². The summed E-state index contributed by atoms with van der Waals surface area (Å²) in [5, 5.41) is 0. The van der Waals surface area contributed by atoms with E-state index in [9.17, 15) is 9.59 Å². The molecule has 0 unspecified atom stereocenters. The van der Waals surface area contributed by atoms with E-state index in [0.29, 0.717) is 12.8 Å². The van der Waals surface area contributed by atoms with E-state index in [1.807, 2.05) is 0 Å². The van der Waals surface area contributed by atoms with Crippen LogP contribution in [0, 0.1) is 0 Å². The first kappa shape index (κ1) is 19.8. The number of ketones is 2. The summed E-state index contributed by atoms with van der Waals surface area (Å²) in [5.41, 5.74) is 0. The molecule has 2 fully saturated rings. The van der Waals surface area contributed by atoms with E-state index in [1.165, 1.54) is 25.7 Å². The van der Waals surface area contributed by atoms with Gasteiger partial charge in [0.05, 0.1) is 0 Å². The predicted molar refractivity (Wildman–Crippen MR) is 85.1 cm³/mol. The lowest BCUT2D eigenvalue weighted by Gasteiger charge is -2.14. The molecule has 2 heterocycles. The number of hydrogen-bond donors (Lipinski definition) is 0. The number of Topliss-reactive ketones (excluding diaryl/α,β-unsaturated/α-hetero) is 2. The molecule has 0 bridgehead atoms. The molecular weight excluding hydrogens is 299 g/mol. The van der Waals surface area contributed by atoms with Crippen molar-refractivity contribution in [3.63, 3.8) is 0 Å². The third kappa shape index (κ3) is 6.53. The Hall–Kier alpha value is -0.160. The highest BCUT2D eigenvalue weighted by atomic mass is 35.5. The van der Waals surface area contributed by atoms with Crippen LogP contribution in [0.3, 0.4) is 0 Å². The summed E-state index contributed by atoms with van der Waals surface area (Å²) >= 11 is 0. The average molecular weight is 325 g/mol. The van der Waals surface area contributed by atoms with Crippen LogP contribution in [0.2, 0.25) is 0 Å². The fraction of sp³-hybridized carbons (Fsp3) is 0.857. The lowest BCUT2D eigenvalue weighted by molar-refractivity contribution is -0.136. The maximum atomic E-state index is 11.7. The number of rotatable bonds is 7. The number of nitrogens with zero attached hydrogens (tertiary/aromatic N) is 2. The molecule has 0 atom stereocenters. The number of likely N-dealkylation sites (tertiary alicyclic amines) is 2. The second-order valence-electron chi connectivity index (χ2n) is 5.44. The molecular formula is C14H26Cl2N2O2. The lowest BCUT2D eigenvalue weighted by Crippen LogP contribution is -2.28. The molecule has 118 valence electrons. The molecule has 4 nitrogen and oxygen atoms in total. The summed E-state index contributed by atoms with van der Waals surface area (Å²) in [4.78, 5) is 28.0. The summed E-state index contributed by atoms with van der Waals surface area (Å²) in [6, 6.07) is 0. The highest BCUT2D eigenvalue weighted by molar-refractivity contribution is 6.37. The standard InChI is InChI=1S/C14H24N2O2.2ClH/c17-13(5-11-15-7-1-2-8-15)14(18)6-12-16-9-3-4-10-16;;/h1-12H2;2*1H. The largest absolute Gasteiger partial charge is 0.303 e. The highest BCUT2D eigenvalue weighted by Crippen LogP contribution is 2.09. The van der Waals surface area contributed by atoms with Gasteiger partial charge in [-0.3, -0.25) is 9.59 Å². The zero-order valence-electron chi connectivity index (χ0n) is 12.0. The van der Waals surface area contributed by atoms with Gasteiger partial charge in [0, 0.05) is 25.9 Å². The van der Waals surface area contributed by atoms with Gasteiger partial charge in [-0.1, -0.05) is 0 Å². The van der Waals surface area contributed by atoms with Crippen molar-refractivity contribution >= 4 is 36.4 Å². The summed E-state index contributed by atoms with van der Waals surface area (Å²) < 4.78 is 0. The van der Waals surface area contributed by atoms with E-state index in [2.05, 4.69) is 9.80 Å². The van der Waals surface area contributed by atoms with Gasteiger partial charge in [-0.2, -0.15) is 0 Å². The first-order valence-electron chi connectivity index (χ1n) is 7.26. The van der Waals surface area contributed by atoms with Crippen LogP contribution in [0.25, 0.3) is 0 Å². The van der Waals surface area contributed by atoms with E-state index in [0.717, 1.165) is 39.3 Å². The monoisotopic (exact) mass is 324 g/mol. The minimum Gasteiger partial charge on any atom is -0.303 e. The Morgan fingerprint density at radius 1 is 0.650 bits per heavy atom. The molecule has 0 radical (unpaired) electrons. The molecule has 2 rings (SSSR count). The van der Waals surface area contributed by atoms with Crippen LogP contribution in [-0.2, 0) is 9.59 Å². The van der Waals surface area contributed by atoms with Crippen LogP contribution in [0.15, 0.2) is 0 Å². The summed E-state index contributed by atoms with van der Waals surface area (Å²) in [6.07, 6.45) is 5.76. The van der Waals surface area contributed by atoms with Crippen LogP contribution in [-0.4, -0.2) is 60.6 Å². The van der Waals surface area contributed by atoms with Gasteiger partial charge in [-0.15, -0.1) is 24.8 Å². The van der Waals surface area contributed by atoms with Crippen molar-refractivity contribution in [2.75, 3.05) is 39.3 Å². The molecule has 0 spiro atoms. The quantitative estimate of drug-likeness (QED) is 0.671. The molecule has 6 heteroatoms. The summed E-state index contributed by atoms with van der Waals surface area (Å²) in [7, 11) is 0. The smallest absolute Gasteiger partial charge is 0.199 e. The van der Waals surface area contributed by atoms with Gasteiger partial charge in [0.25, 0.3) is 0 Å². The Balaban J connectivity index is 0.00000180. The minimum atomic E-state index is -0.166. The molecule has 0 aliphatic carbocycles. The summed E-state index contributed by atoms with van der Waals surface area (Å²) in [6.45, 7) is 5.91. The molecule has 0 amide bonds. The Kier molecular flexibility index (Phi) is 10.5. The van der Waals surface area contributed by atoms with E-state index in [4.69, 9.17) is 0 Å². The molecule has 0 aromatic heterocycles. The maximum Gasteiger partial charge on any atom is 0.199 e. The molecule has 2 aliphatic heterocycles. The molecule has 2 aliphatic rings. The Bertz CT molecular complexity index is 272. The zero-order valence-corrected chi connectivity index (χ0v) is 13.6. The van der Waals surface area contributed by atoms with Crippen molar-refractivity contribution in [3.8, 4) is 0 Å². The maximum absolute atomic E-state index is 11.7. The van der Waals surface area contributed by atoms with Crippen molar-refractivity contribution in [1.82, 2.24) is 9.80 Å². The summed E-state index contributed by atoms with van der Waals surface area (Å²) in [5.74, 6) is -0.331. The molecule has 20 heavy (non-hydrogen) atoms. The van der Waals surface area contributed by atoms with Gasteiger partial charge in [-0.05, 0) is 51.9 Å². The number of halogens is 2. The van der Waals surface area contributed by atoms with Crippen molar-refractivity contribution in [2.45, 2.75) is 38.5 Å². The Labute approximate surface area is 134 Å². The second-order valence-corrected chi connectivity index (χ2v) is 5.44. The zero-order chi connectivity index (χ0) is 12.8. The molecule has 0 aromatic rings. The number of carbonyl (C=O) groups is 2. The molecule has 0 aromatic carbocycles. The third-order valence-corrected chi connectivity index (χ3v) is 4.02. The minimum absolute atomic E-state index is 0. The van der Waals surface area contributed by atoms with Crippen molar-refractivity contribution < 1.29 is 9.59 Å². The second kappa shape index (κ2) is 10.6. The van der Waals surface area contributed by atoms with E-state index < -0.39 is 0 Å². The van der Waals surface area contributed by atoms with Gasteiger partial charge in [0.15, 0.2) is 11.6 Å². The highest BCUT2D eigenvalue weighted by Gasteiger charge is 2.19. The normalized spacial score (nSPS) is 19.4. The van der Waals surface area contributed by atoms with Gasteiger partial charge < -0.3 is 9.80 Å². The van der Waals surface area contributed by atoms with Gasteiger partial charge in [0.1, 0.15) is 0 Å². The first-order valence-corrected chi connectivity index (χ1v) is 7.26. The number of carbonyl (C=O) groups excluding carboxylic acids is 2. The van der Waals surface area contributed by atoms with Gasteiger partial charge >= 0.3 is 0 Å². The first-order chi connectivity index (χ1) is 8.75. The molecule has 2 saturated heterocycles. The fourth-order valence-electron chi connectivity index (χ4n) is 2.81. The van der Waals surface area contributed by atoms with Crippen LogP contribution >= 0.6 is 24.8 Å². The van der Waals surface area contributed by atoms with Crippen LogP contribution in [0.4, 0.5) is 0 Å². The van der Waals surface area contributed by atoms with Crippen LogP contribution < -0.4 is 0 Å². The van der Waals surface area contributed by atoms with E-state index in [1.54, 1.807) is 0 Å². The number of hydrogen-bond acceptors (Lipinski definition) is 4. The lowest BCUT2D eigenvalue weighted by atomic mass is 10.1. The molecule has 0 N–H and O–H groups in total. The average Bonchev–Trinajstić information content (AvgIpc) is 3.05. The molecule has 0 saturated carbocycles. The van der Waals surface area contributed by atoms with Crippen LogP contribution in [0.1, 0.15) is 38.5 Å². The van der Waals surface area contributed by atoms with Crippen LogP contribution in [0.5, 0.6) is 0 Å². The fourth-order valence-corrected chi connectivity index (χ4v) is 2.81. The third-order valence-electron chi connectivity index (χ3n) is 4.02. The van der Waals surface area contributed by atoms with E-state index in [-0.39, 0.29) is 36.4 Å². The topological polar surface area (TPSA) is 40.6 Å². The van der Waals surface area contributed by atoms with Gasteiger partial charge in [-0.25, -0.2) is 0 Å². The van der Waals surface area contributed by atoms with Gasteiger partial charge in [0.2, 0.25) is 0 Å². The Morgan fingerprint density at radius 2 is 0.950 bits per heavy atom. The van der Waals surface area contributed by atoms with E-state index >= 15 is 0 Å². The van der Waals surface area contributed by atoms with Crippen molar-refractivity contribution in [2.24, 2.45) is 0 Å². The predicted octanol–water partition coefficient (Wildman–Crippen LogP) is 1.94.